The van der Waals surface area contributed by atoms with Crippen LogP contribution in [-0.4, -0.2) is 227 Å². The highest BCUT2D eigenvalue weighted by Crippen LogP contribution is 2.66. The van der Waals surface area contributed by atoms with Crippen LogP contribution in [0.4, 0.5) is 23.0 Å². The number of anilines is 3. The number of nitrogen functional groups attached to an aromatic ring is 2. The lowest BCUT2D eigenvalue weighted by molar-refractivity contribution is -0.433. The number of aromatic nitrogens is 5. The summed E-state index contributed by atoms with van der Waals surface area (Å²) < 4.78 is 169. The van der Waals surface area contributed by atoms with E-state index in [9.17, 15) is 112 Å². The van der Waals surface area contributed by atoms with Crippen LogP contribution < -0.4 is 38.0 Å². The highest BCUT2D eigenvalue weighted by atomic mass is 33.1. The lowest BCUT2D eigenvalue weighted by Crippen LogP contribution is -2.48. The molecular weight excluding hydrogens is 1860 g/mol. The number of hydrogen-bond acceptors (Lipinski definition) is 32. The van der Waals surface area contributed by atoms with Crippen LogP contribution in [0.2, 0.25) is 0 Å². The smallest absolute Gasteiger partial charge is 0.452 e. The predicted octanol–water partition coefficient (Wildman–Crippen LogP) is 4.32. The molecule has 0 bridgehead atoms. The van der Waals surface area contributed by atoms with Crippen LogP contribution in [0, 0.1) is 23.7 Å². The Morgan fingerprint density at radius 2 is 1.40 bits per heavy atom. The molecule has 127 heavy (non-hydrogen) atoms. The van der Waals surface area contributed by atoms with Gasteiger partial charge in [-0.3, -0.25) is 51.0 Å². The molecule has 4 aliphatic rings. The number of aliphatic hydroxyl groups is 2. The average molecular weight is 1960 g/mol. The summed E-state index contributed by atoms with van der Waals surface area (Å²) in [6, 6.07) is 9.20. The van der Waals surface area contributed by atoms with Gasteiger partial charge in [-0.1, -0.05) is 84.3 Å². The molecule has 4 aliphatic heterocycles. The van der Waals surface area contributed by atoms with E-state index in [1.807, 2.05) is 69.9 Å². The van der Waals surface area contributed by atoms with Gasteiger partial charge in [0.15, 0.2) is 18.5 Å². The van der Waals surface area contributed by atoms with Crippen molar-refractivity contribution in [3.05, 3.63) is 124 Å². The summed E-state index contributed by atoms with van der Waals surface area (Å²) in [6.45, 7) is 8.13. The zero-order chi connectivity index (χ0) is 93.6. The number of nitrogens with two attached hydrogens (primary N) is 2. The van der Waals surface area contributed by atoms with E-state index in [0.29, 0.717) is 68.6 Å². The topological polar surface area (TPSA) is 698 Å². The van der Waals surface area contributed by atoms with E-state index in [2.05, 4.69) is 76.8 Å². The van der Waals surface area contributed by atoms with Gasteiger partial charge in [0.1, 0.15) is 72.9 Å². The normalized spacial score (nSPS) is 20.8. The van der Waals surface area contributed by atoms with E-state index < -0.39 is 175 Å². The van der Waals surface area contributed by atoms with Crippen molar-refractivity contribution < 1.29 is 158 Å². The standard InChI is InChI=1S/C72H95N12O34P5S4/c1-6-81-52-28-26-46(126(105,106)107)36-49(52)71(2,3)57(81)21-10-7-11-22-58-72(4,5)50-37-47(127(108,109)110)27-29-53(50)82(58)32-15-9-13-24-60(86)79-51(68(90)76-30-14-8-12-23-59(85)75-31-16-19-44-39-83(70(91)80-65(44)73)61-38-54(116-120(95,96)97)55(114-61)40-112-119(92,93)94)42-125-124-34-18-25-62(87)111-33-17-20-45-35-48-66(74)77-43-78-67(48)84(45)69-64(89)63(88)56(115-69)41-113-122(101,102)118-123(103,104)117-121(98,99)100/h7,10-11,21-22,26-29,35-37,39,43,51,54-56,61,63-64,69,88-89H,6,8-9,12-15,18,23-25,30-34,38,40-42H2,1-5H3,(H16-,73,74,75,76,77,78,79,80,85,86,90,91,92,93,94,95,96,97,98,99,100,101,102,103,104,105,106,107,108,109,110)/p+1. The van der Waals surface area contributed by atoms with Gasteiger partial charge in [0.25, 0.3) is 20.2 Å². The first-order valence-corrected chi connectivity index (χ1v) is 51.6. The first-order chi connectivity index (χ1) is 59.3. The maximum Gasteiger partial charge on any atom is 0.490 e. The Hall–Kier alpha value is -7.78. The third-order valence-electron chi connectivity index (χ3n) is 20.0. The number of fused-ring (bicyclic) bond motifs is 3. The number of rotatable bonds is 43. The van der Waals surface area contributed by atoms with Gasteiger partial charge in [-0.15, -0.1) is 0 Å². The Kier molecular flexibility index (Phi) is 35.3. The second-order valence-electron chi connectivity index (χ2n) is 29.8. The minimum atomic E-state index is -5.91. The Morgan fingerprint density at radius 3 is 2.08 bits per heavy atom. The number of carbonyl (C=O) groups is 4. The van der Waals surface area contributed by atoms with E-state index in [-0.39, 0.29) is 88.2 Å². The number of phosphoric ester groups is 3. The molecule has 46 nitrogen and oxygen atoms in total. The molecule has 2 saturated heterocycles. The summed E-state index contributed by atoms with van der Waals surface area (Å²) in [6.07, 6.45) is 2.60. The number of carbonyl (C=O) groups excluding carboxylic acids is 4. The summed E-state index contributed by atoms with van der Waals surface area (Å²) >= 11 is 0. The van der Waals surface area contributed by atoms with Crippen LogP contribution in [0.1, 0.15) is 140 Å². The summed E-state index contributed by atoms with van der Waals surface area (Å²) in [4.78, 5) is 154. The monoisotopic (exact) mass is 1960 g/mol. The van der Waals surface area contributed by atoms with Gasteiger partial charge in [0.2, 0.25) is 23.4 Å². The number of amides is 3. The molecular formula is C72H96N12O34P5S4+. The zero-order valence-corrected chi connectivity index (χ0v) is 76.1. The fraction of sp³-hybridized carbons (Fsp3) is 0.486. The van der Waals surface area contributed by atoms with Gasteiger partial charge in [-0.2, -0.15) is 35.0 Å². The fourth-order valence-electron chi connectivity index (χ4n) is 14.0. The molecule has 0 radical (unpaired) electrons. The molecule has 3 aromatic heterocycles. The van der Waals surface area contributed by atoms with Crippen molar-refractivity contribution in [2.75, 3.05) is 73.9 Å². The van der Waals surface area contributed by atoms with Crippen LogP contribution in [0.3, 0.4) is 0 Å². The Bertz CT molecular complexity index is 5780. The van der Waals surface area contributed by atoms with Crippen molar-refractivity contribution in [2.24, 2.45) is 0 Å². The van der Waals surface area contributed by atoms with Crippen molar-refractivity contribution in [1.29, 1.82) is 0 Å². The molecule has 2 aromatic carbocycles. The minimum absolute atomic E-state index is 0.00248. The lowest BCUT2D eigenvalue weighted by Gasteiger charge is -2.27. The van der Waals surface area contributed by atoms with Gasteiger partial charge in [0.05, 0.1) is 51.6 Å². The van der Waals surface area contributed by atoms with Crippen molar-refractivity contribution in [3.8, 4) is 23.7 Å². The third kappa shape index (κ3) is 28.9. The molecule has 0 aliphatic carbocycles. The Morgan fingerprint density at radius 1 is 0.724 bits per heavy atom. The molecule has 0 spiro atoms. The molecule has 10 atom stereocenters. The molecule has 5 aromatic rings. The SMILES string of the molecule is CC[N+]1=C(/C=C/C=C/C=C2/N(CCCCCC(=O)NC(CSSCCCC(=O)OCC#Cc3cc4c(N)ncnc4n3C3OC(COP(=O)(O)OP(=O)(O)OP(=O)(O)O)C(O)C3O)C(=O)NCCCCCC(=O)NCC#Cc3cn(C4CC(OP(=O)(O)O)C(COP(=O)(O)O)O4)c(=O)nc3N)c3ccc(S(=O)(=O)O)cc3C2(C)C)C(C)(C)c2cc(S(=O)(=O)O)ccc21. The molecule has 0 saturated carbocycles. The van der Waals surface area contributed by atoms with Gasteiger partial charge in [0, 0.05) is 91.0 Å². The molecule has 55 heteroatoms. The van der Waals surface area contributed by atoms with Crippen molar-refractivity contribution in [3.63, 3.8) is 0 Å². The zero-order valence-electron chi connectivity index (χ0n) is 68.3. The first-order valence-electron chi connectivity index (χ1n) is 38.6. The molecule has 10 unspecified atom stereocenters. The van der Waals surface area contributed by atoms with E-state index in [4.69, 9.17) is 40.0 Å². The maximum atomic E-state index is 13.9. The molecule has 696 valence electrons. The molecule has 7 heterocycles. The van der Waals surface area contributed by atoms with Crippen molar-refractivity contribution in [1.82, 2.24) is 40.0 Å². The summed E-state index contributed by atoms with van der Waals surface area (Å²) in [5.41, 5.74) is 14.1. The quantitative estimate of drug-likeness (QED) is 0.00377. The number of phosphoric acid groups is 5. The van der Waals surface area contributed by atoms with Crippen molar-refractivity contribution >= 4 is 144 Å². The Balaban J connectivity index is 0.788. The molecule has 19 N–H and O–H groups in total. The summed E-state index contributed by atoms with van der Waals surface area (Å²) in [5, 5.41) is 30.5. The van der Waals surface area contributed by atoms with Crippen LogP contribution >= 0.6 is 60.7 Å². The average Bonchev–Trinajstić information content (AvgIpc) is 1.59. The highest BCUT2D eigenvalue weighted by molar-refractivity contribution is 8.76. The number of ether oxygens (including phenoxy) is 3. The number of allylic oxidation sites excluding steroid dienone is 6. The molecule has 9 rings (SSSR count). The second-order valence-corrected chi connectivity index (χ2v) is 42.1. The number of unbranched alkanes of at least 4 members (excludes halogenated alkanes) is 4. The maximum absolute atomic E-state index is 13.9. The molecule has 2 fully saturated rings. The largest absolute Gasteiger partial charge is 0.490 e. The number of hydrogen-bond donors (Lipinski definition) is 17. The van der Waals surface area contributed by atoms with E-state index in [0.717, 1.165) is 39.8 Å². The fourth-order valence-corrected chi connectivity index (χ4v) is 21.2. The van der Waals surface area contributed by atoms with E-state index in [1.165, 1.54) is 56.5 Å². The predicted molar refractivity (Wildman–Crippen MR) is 456 cm³/mol. The van der Waals surface area contributed by atoms with E-state index >= 15 is 0 Å². The third-order valence-corrected chi connectivity index (χ3v) is 29.0. The van der Waals surface area contributed by atoms with Gasteiger partial charge in [-0.05, 0) is 107 Å². The molecule has 3 amide bonds. The van der Waals surface area contributed by atoms with Gasteiger partial charge >= 0.3 is 50.8 Å². The second kappa shape index (κ2) is 43.5. The number of nitrogens with one attached hydrogen (secondary N) is 3. The first kappa shape index (κ1) is 103. The number of nitrogens with zero attached hydrogens (tertiary/aromatic N) is 7. The van der Waals surface area contributed by atoms with Crippen LogP contribution in [0.5, 0.6) is 0 Å². The van der Waals surface area contributed by atoms with Gasteiger partial charge < -0.3 is 95.9 Å². The lowest BCUT2D eigenvalue weighted by atomic mass is 9.81. The number of esters is 1. The highest BCUT2D eigenvalue weighted by Gasteiger charge is 2.50. The summed E-state index contributed by atoms with van der Waals surface area (Å²) in [7, 11) is -34.1. The number of benzene rings is 2. The van der Waals surface area contributed by atoms with Crippen LogP contribution in [0.25, 0.3) is 11.0 Å². The van der Waals surface area contributed by atoms with Gasteiger partial charge in [-0.25, -0.2) is 37.6 Å². The van der Waals surface area contributed by atoms with Crippen LogP contribution in [0.15, 0.2) is 106 Å². The van der Waals surface area contributed by atoms with E-state index in [1.54, 1.807) is 12.1 Å². The summed E-state index contributed by atoms with van der Waals surface area (Å²) in [5.74, 6) is 8.77. The minimum Gasteiger partial charge on any atom is -0.452 e. The Labute approximate surface area is 734 Å². The van der Waals surface area contributed by atoms with Crippen LogP contribution in [-0.2, 0) is 109 Å². The number of aliphatic hydroxyl groups excluding tert-OH is 2. The van der Waals surface area contributed by atoms with Crippen molar-refractivity contribution in [2.45, 2.75) is 175 Å².